The average Bonchev–Trinajstić information content (AvgIpc) is 2.12. The number of hydrogen-bond acceptors (Lipinski definition) is 1. The maximum atomic E-state index is 3.66. The van der Waals surface area contributed by atoms with Crippen LogP contribution in [0.1, 0.15) is 21.5 Å². The van der Waals surface area contributed by atoms with Crippen molar-refractivity contribution >= 4 is 44.2 Å². The second-order valence-electron chi connectivity index (χ2n) is 3.34. The van der Waals surface area contributed by atoms with Crippen LogP contribution in [0, 0.1) is 6.92 Å². The molecular weight excluding hydrogens is 341 g/mol. The number of fused-ring (bicyclic) bond motifs is 1. The quantitative estimate of drug-likeness (QED) is 0.549. The van der Waals surface area contributed by atoms with Crippen LogP contribution in [0.2, 0.25) is 0 Å². The topological polar surface area (TPSA) is 12.0 Å². The molecule has 1 aliphatic rings. The third kappa shape index (κ3) is 1.73. The predicted octanol–water partition coefficient (Wildman–Crippen LogP) is 4.05. The van der Waals surface area contributed by atoms with Crippen molar-refractivity contribution in [2.24, 2.45) is 0 Å². The molecule has 0 amide bonds. The maximum absolute atomic E-state index is 3.66. The first kappa shape index (κ1) is 9.77. The van der Waals surface area contributed by atoms with Gasteiger partial charge in [0.2, 0.25) is 0 Å². The van der Waals surface area contributed by atoms with Crippen LogP contribution < -0.4 is 5.32 Å². The fraction of sp³-hybridized carbons (Fsp3) is 0.400. The molecule has 2 rings (SSSR count). The number of nitrogens with one attached hydrogen (secondary N) is 1. The smallest absolute Gasteiger partial charge is 0.0408 e. The first-order valence-electron chi connectivity index (χ1n) is 4.37. The van der Waals surface area contributed by atoms with Crippen molar-refractivity contribution in [3.8, 4) is 0 Å². The van der Waals surface area contributed by atoms with Gasteiger partial charge in [-0.25, -0.2) is 0 Å². The van der Waals surface area contributed by atoms with E-state index in [1.54, 1.807) is 0 Å². The lowest BCUT2D eigenvalue weighted by Gasteiger charge is -2.24. The van der Waals surface area contributed by atoms with E-state index in [0.29, 0.717) is 3.92 Å². The summed E-state index contributed by atoms with van der Waals surface area (Å²) >= 11 is 6.18. The van der Waals surface area contributed by atoms with E-state index in [1.165, 1.54) is 27.7 Å². The third-order valence-electron chi connectivity index (χ3n) is 2.40. The van der Waals surface area contributed by atoms with Gasteiger partial charge in [0, 0.05) is 26.2 Å². The van der Waals surface area contributed by atoms with Crippen molar-refractivity contribution in [2.75, 3.05) is 11.9 Å². The number of rotatable bonds is 0. The lowest BCUT2D eigenvalue weighted by molar-refractivity contribution is 0.830. The summed E-state index contributed by atoms with van der Waals surface area (Å²) < 4.78 is 1.92. The average molecular weight is 352 g/mol. The minimum Gasteiger partial charge on any atom is -0.385 e. The van der Waals surface area contributed by atoms with Gasteiger partial charge in [-0.05, 0) is 25.0 Å². The van der Waals surface area contributed by atoms with Crippen LogP contribution in [0.3, 0.4) is 0 Å². The molecule has 0 saturated carbocycles. The summed E-state index contributed by atoms with van der Waals surface area (Å²) in [5, 5.41) is 3.43. The van der Waals surface area contributed by atoms with E-state index >= 15 is 0 Å². The summed E-state index contributed by atoms with van der Waals surface area (Å²) in [6.07, 6.45) is 1.22. The molecule has 1 nitrogen and oxygen atoms in total. The van der Waals surface area contributed by atoms with Gasteiger partial charge in [-0.1, -0.05) is 44.6 Å². The van der Waals surface area contributed by atoms with E-state index in [2.05, 4.69) is 62.9 Å². The Kier molecular flexibility index (Phi) is 2.83. The van der Waals surface area contributed by atoms with Crippen LogP contribution >= 0.6 is 38.5 Å². The molecule has 1 aromatic rings. The van der Waals surface area contributed by atoms with Crippen molar-refractivity contribution in [1.29, 1.82) is 0 Å². The molecule has 70 valence electrons. The highest BCUT2D eigenvalue weighted by Gasteiger charge is 2.20. The van der Waals surface area contributed by atoms with Crippen LogP contribution in [0.5, 0.6) is 0 Å². The molecule has 0 bridgehead atoms. The van der Waals surface area contributed by atoms with Gasteiger partial charge in [0.05, 0.1) is 0 Å². The molecule has 1 aromatic carbocycles. The number of anilines is 1. The Bertz CT molecular complexity index is 338. The van der Waals surface area contributed by atoms with Gasteiger partial charge < -0.3 is 5.32 Å². The molecule has 0 saturated heterocycles. The second kappa shape index (κ2) is 3.77. The fourth-order valence-corrected chi connectivity index (χ4v) is 3.65. The Morgan fingerprint density at radius 2 is 2.31 bits per heavy atom. The van der Waals surface area contributed by atoms with Crippen LogP contribution in [0.25, 0.3) is 0 Å². The summed E-state index contributed by atoms with van der Waals surface area (Å²) in [7, 11) is 0. The van der Waals surface area contributed by atoms with Crippen molar-refractivity contribution in [3.63, 3.8) is 0 Å². The molecule has 3 heteroatoms. The molecule has 0 spiro atoms. The Hall–Kier alpha value is 0.230. The highest BCUT2D eigenvalue weighted by Crippen LogP contribution is 2.41. The van der Waals surface area contributed by atoms with Crippen molar-refractivity contribution < 1.29 is 0 Å². The van der Waals surface area contributed by atoms with Crippen LogP contribution in [-0.4, -0.2) is 6.54 Å². The standard InChI is InChI=1S/C10H11BrIN/c1-6-2-3-8-9(10(6)11)7(12)4-5-13-8/h2-3,7,13H,4-5H2,1H3. The number of halogens is 2. The largest absolute Gasteiger partial charge is 0.385 e. The molecule has 0 fully saturated rings. The number of hydrogen-bond donors (Lipinski definition) is 1. The molecule has 1 aliphatic heterocycles. The first-order chi connectivity index (χ1) is 6.20. The normalized spacial score (nSPS) is 20.7. The predicted molar refractivity (Wildman–Crippen MR) is 68.7 cm³/mol. The van der Waals surface area contributed by atoms with E-state index in [4.69, 9.17) is 0 Å². The Morgan fingerprint density at radius 3 is 3.08 bits per heavy atom. The Morgan fingerprint density at radius 1 is 1.54 bits per heavy atom. The number of alkyl halides is 1. The van der Waals surface area contributed by atoms with Gasteiger partial charge in [0.25, 0.3) is 0 Å². The lowest BCUT2D eigenvalue weighted by Crippen LogP contribution is -2.14. The molecule has 0 aliphatic carbocycles. The number of aryl methyl sites for hydroxylation is 1. The molecule has 1 heterocycles. The molecule has 1 N–H and O–H groups in total. The van der Waals surface area contributed by atoms with Crippen LogP contribution in [0.4, 0.5) is 5.69 Å². The minimum absolute atomic E-state index is 0.642. The summed E-state index contributed by atoms with van der Waals surface area (Å²) in [5.41, 5.74) is 4.05. The number of benzene rings is 1. The van der Waals surface area contributed by atoms with E-state index < -0.39 is 0 Å². The van der Waals surface area contributed by atoms with Crippen molar-refractivity contribution in [3.05, 3.63) is 27.7 Å². The monoisotopic (exact) mass is 351 g/mol. The molecule has 0 radical (unpaired) electrons. The van der Waals surface area contributed by atoms with Crippen LogP contribution in [-0.2, 0) is 0 Å². The summed E-state index contributed by atoms with van der Waals surface area (Å²) in [6.45, 7) is 3.23. The lowest BCUT2D eigenvalue weighted by atomic mass is 10.0. The van der Waals surface area contributed by atoms with Gasteiger partial charge in [0.1, 0.15) is 0 Å². The van der Waals surface area contributed by atoms with E-state index in [1.807, 2.05) is 0 Å². The van der Waals surface area contributed by atoms with Gasteiger partial charge in [-0.15, -0.1) is 0 Å². The van der Waals surface area contributed by atoms with Gasteiger partial charge >= 0.3 is 0 Å². The fourth-order valence-electron chi connectivity index (χ4n) is 1.64. The third-order valence-corrected chi connectivity index (χ3v) is 4.70. The maximum Gasteiger partial charge on any atom is 0.0408 e. The Labute approximate surface area is 101 Å². The molecule has 0 aromatic heterocycles. The summed E-state index contributed by atoms with van der Waals surface area (Å²) in [6, 6.07) is 4.34. The molecule has 1 unspecified atom stereocenters. The van der Waals surface area contributed by atoms with Gasteiger partial charge in [0.15, 0.2) is 0 Å². The second-order valence-corrected chi connectivity index (χ2v) is 5.64. The zero-order chi connectivity index (χ0) is 9.42. The van der Waals surface area contributed by atoms with Gasteiger partial charge in [-0.2, -0.15) is 0 Å². The zero-order valence-electron chi connectivity index (χ0n) is 7.40. The highest BCUT2D eigenvalue weighted by atomic mass is 127. The zero-order valence-corrected chi connectivity index (χ0v) is 11.1. The summed E-state index contributed by atoms with van der Waals surface area (Å²) in [4.78, 5) is 0. The van der Waals surface area contributed by atoms with Crippen molar-refractivity contribution in [2.45, 2.75) is 17.3 Å². The van der Waals surface area contributed by atoms with Crippen LogP contribution in [0.15, 0.2) is 16.6 Å². The molecule has 13 heavy (non-hydrogen) atoms. The highest BCUT2D eigenvalue weighted by molar-refractivity contribution is 14.1. The van der Waals surface area contributed by atoms with E-state index in [0.717, 1.165) is 6.54 Å². The van der Waals surface area contributed by atoms with E-state index in [-0.39, 0.29) is 0 Å². The van der Waals surface area contributed by atoms with E-state index in [9.17, 15) is 0 Å². The minimum atomic E-state index is 0.642. The van der Waals surface area contributed by atoms with Crippen molar-refractivity contribution in [1.82, 2.24) is 0 Å². The van der Waals surface area contributed by atoms with Gasteiger partial charge in [-0.3, -0.25) is 0 Å². The summed E-state index contributed by atoms with van der Waals surface area (Å²) in [5.74, 6) is 0. The first-order valence-corrected chi connectivity index (χ1v) is 6.41. The SMILES string of the molecule is Cc1ccc2c(c1Br)C(I)CCN2. The molecular formula is C10H11BrIN. The Balaban J connectivity index is 2.58. The molecule has 1 atom stereocenters.